The minimum atomic E-state index is 0.205. The second kappa shape index (κ2) is 6.79. The summed E-state index contributed by atoms with van der Waals surface area (Å²) in [5.41, 5.74) is 9.58. The molecule has 0 aliphatic rings. The van der Waals surface area contributed by atoms with Crippen LogP contribution in [0.1, 0.15) is 43.9 Å². The van der Waals surface area contributed by atoms with E-state index in [4.69, 9.17) is 10.5 Å². The molecule has 2 nitrogen and oxygen atoms in total. The third-order valence-corrected chi connectivity index (χ3v) is 3.02. The number of aryl methyl sites for hydroxylation is 2. The van der Waals surface area contributed by atoms with Crippen molar-refractivity contribution < 1.29 is 4.74 Å². The van der Waals surface area contributed by atoms with Gasteiger partial charge in [0.05, 0.1) is 6.61 Å². The number of hydrogen-bond acceptors (Lipinski definition) is 2. The summed E-state index contributed by atoms with van der Waals surface area (Å²) in [6.45, 7) is 11.5. The molecular weight excluding hydrogens is 222 g/mol. The third-order valence-electron chi connectivity index (χ3n) is 3.02. The van der Waals surface area contributed by atoms with Crippen LogP contribution in [0.2, 0.25) is 0 Å². The van der Waals surface area contributed by atoms with Crippen molar-refractivity contribution in [2.24, 2.45) is 11.7 Å². The normalized spacial score (nSPS) is 12.8. The Morgan fingerprint density at radius 2 is 1.67 bits per heavy atom. The van der Waals surface area contributed by atoms with Crippen LogP contribution in [0.4, 0.5) is 0 Å². The molecule has 1 rings (SSSR count). The van der Waals surface area contributed by atoms with Gasteiger partial charge in [0.2, 0.25) is 0 Å². The van der Waals surface area contributed by atoms with Crippen molar-refractivity contribution in [1.82, 2.24) is 0 Å². The largest absolute Gasteiger partial charge is 0.493 e. The van der Waals surface area contributed by atoms with Gasteiger partial charge in [0, 0.05) is 6.04 Å². The van der Waals surface area contributed by atoms with Crippen molar-refractivity contribution in [3.8, 4) is 5.75 Å². The van der Waals surface area contributed by atoms with E-state index in [2.05, 4.69) is 39.8 Å². The molecule has 1 atom stereocenters. The lowest BCUT2D eigenvalue weighted by atomic mass is 10.0. The molecule has 0 bridgehead atoms. The van der Waals surface area contributed by atoms with Crippen LogP contribution in [-0.2, 0) is 6.42 Å². The van der Waals surface area contributed by atoms with Gasteiger partial charge in [-0.05, 0) is 56.2 Å². The molecule has 2 heteroatoms. The molecule has 18 heavy (non-hydrogen) atoms. The second-order valence-electron chi connectivity index (χ2n) is 5.77. The molecule has 1 unspecified atom stereocenters. The van der Waals surface area contributed by atoms with Gasteiger partial charge in [-0.2, -0.15) is 0 Å². The molecule has 0 spiro atoms. The number of rotatable bonds is 6. The Hall–Kier alpha value is -1.02. The van der Waals surface area contributed by atoms with Crippen LogP contribution in [0, 0.1) is 19.8 Å². The molecule has 0 radical (unpaired) electrons. The minimum absolute atomic E-state index is 0.205. The Labute approximate surface area is 112 Å². The van der Waals surface area contributed by atoms with E-state index < -0.39 is 0 Å². The number of nitrogens with two attached hydrogens (primary N) is 1. The van der Waals surface area contributed by atoms with Gasteiger partial charge >= 0.3 is 0 Å². The van der Waals surface area contributed by atoms with Crippen LogP contribution in [0.3, 0.4) is 0 Å². The van der Waals surface area contributed by atoms with Gasteiger partial charge in [-0.15, -0.1) is 0 Å². The highest BCUT2D eigenvalue weighted by Gasteiger charge is 2.08. The molecule has 0 saturated carbocycles. The van der Waals surface area contributed by atoms with E-state index in [0.717, 1.165) is 25.2 Å². The Morgan fingerprint density at radius 3 is 2.11 bits per heavy atom. The standard InChI is InChI=1S/C16H27NO/c1-11(2)6-7-18-16-12(3)8-15(9-13(16)4)10-14(5)17/h8-9,11,14H,6-7,10,17H2,1-5H3. The lowest BCUT2D eigenvalue weighted by Crippen LogP contribution is -2.18. The van der Waals surface area contributed by atoms with Crippen molar-refractivity contribution in [1.29, 1.82) is 0 Å². The highest BCUT2D eigenvalue weighted by Crippen LogP contribution is 2.25. The van der Waals surface area contributed by atoms with E-state index in [1.807, 2.05) is 6.92 Å². The average molecular weight is 249 g/mol. The van der Waals surface area contributed by atoms with Crippen LogP contribution in [0.5, 0.6) is 5.75 Å². The van der Waals surface area contributed by atoms with Gasteiger partial charge in [0.1, 0.15) is 5.75 Å². The zero-order valence-electron chi connectivity index (χ0n) is 12.4. The summed E-state index contributed by atoms with van der Waals surface area (Å²) >= 11 is 0. The predicted octanol–water partition coefficient (Wildman–Crippen LogP) is 3.62. The quantitative estimate of drug-likeness (QED) is 0.835. The lowest BCUT2D eigenvalue weighted by Gasteiger charge is -2.15. The zero-order chi connectivity index (χ0) is 13.7. The first kappa shape index (κ1) is 15.0. The van der Waals surface area contributed by atoms with E-state index in [0.29, 0.717) is 5.92 Å². The van der Waals surface area contributed by atoms with E-state index in [1.165, 1.54) is 16.7 Å². The maximum Gasteiger partial charge on any atom is 0.125 e. The molecule has 2 N–H and O–H groups in total. The number of benzene rings is 1. The molecule has 102 valence electrons. The fraction of sp³-hybridized carbons (Fsp3) is 0.625. The van der Waals surface area contributed by atoms with E-state index >= 15 is 0 Å². The first-order chi connectivity index (χ1) is 8.40. The Bertz CT molecular complexity index is 360. The monoisotopic (exact) mass is 249 g/mol. The molecule has 0 amide bonds. The summed E-state index contributed by atoms with van der Waals surface area (Å²) in [5, 5.41) is 0. The summed E-state index contributed by atoms with van der Waals surface area (Å²) in [6, 6.07) is 4.60. The van der Waals surface area contributed by atoms with Crippen LogP contribution in [-0.4, -0.2) is 12.6 Å². The maximum absolute atomic E-state index is 5.91. The van der Waals surface area contributed by atoms with Crippen molar-refractivity contribution in [3.63, 3.8) is 0 Å². The van der Waals surface area contributed by atoms with Gasteiger partial charge < -0.3 is 10.5 Å². The predicted molar refractivity (Wildman–Crippen MR) is 78.2 cm³/mol. The number of hydrogen-bond donors (Lipinski definition) is 1. The second-order valence-corrected chi connectivity index (χ2v) is 5.77. The third kappa shape index (κ3) is 4.69. The molecule has 0 aromatic heterocycles. The van der Waals surface area contributed by atoms with Crippen molar-refractivity contribution in [2.75, 3.05) is 6.61 Å². The first-order valence-corrected chi connectivity index (χ1v) is 6.88. The Balaban J connectivity index is 2.74. The van der Waals surface area contributed by atoms with Gasteiger partial charge in [0.15, 0.2) is 0 Å². The summed E-state index contributed by atoms with van der Waals surface area (Å²) in [4.78, 5) is 0. The summed E-state index contributed by atoms with van der Waals surface area (Å²) in [7, 11) is 0. The number of ether oxygens (including phenoxy) is 1. The topological polar surface area (TPSA) is 35.2 Å². The van der Waals surface area contributed by atoms with Gasteiger partial charge in [-0.25, -0.2) is 0 Å². The van der Waals surface area contributed by atoms with Crippen molar-refractivity contribution in [2.45, 2.75) is 53.5 Å². The fourth-order valence-electron chi connectivity index (χ4n) is 2.15. The van der Waals surface area contributed by atoms with Gasteiger partial charge in [-0.3, -0.25) is 0 Å². The Morgan fingerprint density at radius 1 is 1.11 bits per heavy atom. The smallest absolute Gasteiger partial charge is 0.125 e. The fourth-order valence-corrected chi connectivity index (χ4v) is 2.15. The van der Waals surface area contributed by atoms with E-state index in [9.17, 15) is 0 Å². The van der Waals surface area contributed by atoms with Gasteiger partial charge in [0.25, 0.3) is 0 Å². The van der Waals surface area contributed by atoms with E-state index in [-0.39, 0.29) is 6.04 Å². The highest BCUT2D eigenvalue weighted by atomic mass is 16.5. The van der Waals surface area contributed by atoms with Crippen LogP contribution >= 0.6 is 0 Å². The molecule has 0 fully saturated rings. The molecule has 0 aliphatic heterocycles. The molecule has 1 aromatic carbocycles. The first-order valence-electron chi connectivity index (χ1n) is 6.88. The molecule has 0 heterocycles. The van der Waals surface area contributed by atoms with Crippen molar-refractivity contribution >= 4 is 0 Å². The average Bonchev–Trinajstić information content (AvgIpc) is 2.20. The lowest BCUT2D eigenvalue weighted by molar-refractivity contribution is 0.286. The molecule has 0 aliphatic carbocycles. The van der Waals surface area contributed by atoms with Gasteiger partial charge in [-0.1, -0.05) is 26.0 Å². The summed E-state index contributed by atoms with van der Waals surface area (Å²) in [6.07, 6.45) is 2.02. The SMILES string of the molecule is Cc1cc(CC(C)N)cc(C)c1OCCC(C)C. The molecule has 1 aromatic rings. The van der Waals surface area contributed by atoms with E-state index in [1.54, 1.807) is 0 Å². The minimum Gasteiger partial charge on any atom is -0.493 e. The Kier molecular flexibility index (Phi) is 5.67. The summed E-state index contributed by atoms with van der Waals surface area (Å²) in [5.74, 6) is 1.73. The highest BCUT2D eigenvalue weighted by molar-refractivity contribution is 5.43. The maximum atomic E-state index is 5.91. The summed E-state index contributed by atoms with van der Waals surface area (Å²) < 4.78 is 5.91. The zero-order valence-corrected chi connectivity index (χ0v) is 12.4. The van der Waals surface area contributed by atoms with Crippen LogP contribution < -0.4 is 10.5 Å². The molecule has 0 saturated heterocycles. The van der Waals surface area contributed by atoms with Crippen LogP contribution in [0.25, 0.3) is 0 Å². The molecular formula is C16H27NO. The van der Waals surface area contributed by atoms with Crippen LogP contribution in [0.15, 0.2) is 12.1 Å². The van der Waals surface area contributed by atoms with Crippen molar-refractivity contribution in [3.05, 3.63) is 28.8 Å².